The van der Waals surface area contributed by atoms with E-state index < -0.39 is 10.0 Å². The van der Waals surface area contributed by atoms with Crippen LogP contribution in [-0.2, 0) is 10.0 Å². The van der Waals surface area contributed by atoms with Gasteiger partial charge in [-0.1, -0.05) is 0 Å². The maximum atomic E-state index is 11.0. The summed E-state index contributed by atoms with van der Waals surface area (Å²) in [6.45, 7) is 0.451. The minimum atomic E-state index is -3.21. The van der Waals surface area contributed by atoms with Gasteiger partial charge >= 0.3 is 0 Å². The zero-order valence-electron chi connectivity index (χ0n) is 15.5. The fraction of sp³-hybridized carbons (Fsp3) is 0.167. The highest BCUT2D eigenvalue weighted by atomic mass is 32.2. The molecular weight excluding hydrogens is 394 g/mol. The molecule has 0 atom stereocenters. The molecule has 0 amide bonds. The van der Waals surface area contributed by atoms with Crippen molar-refractivity contribution in [3.63, 3.8) is 0 Å². The van der Waals surface area contributed by atoms with E-state index in [1.54, 1.807) is 18.3 Å². The van der Waals surface area contributed by atoms with Crippen LogP contribution in [0.25, 0.3) is 22.3 Å². The average Bonchev–Trinajstić information content (AvgIpc) is 3.34. The number of nitrogens with one attached hydrogen (secondary N) is 4. The monoisotopic (exact) mass is 413 g/mol. The highest BCUT2D eigenvalue weighted by Gasteiger charge is 2.07. The molecule has 0 saturated carbocycles. The third-order valence-electron chi connectivity index (χ3n) is 4.04. The van der Waals surface area contributed by atoms with Gasteiger partial charge in [-0.05, 0) is 42.5 Å². The van der Waals surface area contributed by atoms with Gasteiger partial charge in [0.15, 0.2) is 5.82 Å². The van der Waals surface area contributed by atoms with Gasteiger partial charge in [0.1, 0.15) is 12.4 Å². The Hall–Kier alpha value is -3.44. The van der Waals surface area contributed by atoms with Gasteiger partial charge in [-0.25, -0.2) is 13.1 Å². The predicted octanol–water partition coefficient (Wildman–Crippen LogP) is 2.02. The van der Waals surface area contributed by atoms with Crippen LogP contribution < -0.4 is 14.8 Å². The Morgan fingerprint density at radius 2 is 1.93 bits per heavy atom. The Bertz CT molecular complexity index is 1220. The molecule has 0 saturated heterocycles. The highest BCUT2D eigenvalue weighted by Crippen LogP contribution is 2.22. The Labute approximate surface area is 166 Å². The van der Waals surface area contributed by atoms with Gasteiger partial charge in [0.2, 0.25) is 16.0 Å². The van der Waals surface area contributed by atoms with Crippen molar-refractivity contribution in [3.8, 4) is 17.1 Å². The Morgan fingerprint density at radius 1 is 1.10 bits per heavy atom. The molecule has 0 aliphatic carbocycles. The lowest BCUT2D eigenvalue weighted by molar-refractivity contribution is 0.323. The van der Waals surface area contributed by atoms with Crippen LogP contribution in [0.3, 0.4) is 0 Å². The number of hydrogen-bond donors (Lipinski definition) is 4. The van der Waals surface area contributed by atoms with Crippen LogP contribution >= 0.6 is 0 Å². The van der Waals surface area contributed by atoms with E-state index in [1.165, 1.54) is 0 Å². The number of nitrogens with zero attached hydrogens (tertiary/aromatic N) is 3. The maximum absolute atomic E-state index is 11.0. The summed E-state index contributed by atoms with van der Waals surface area (Å²) in [4.78, 5) is 4.46. The molecule has 0 fully saturated rings. The molecule has 0 aliphatic heterocycles. The molecule has 150 valence electrons. The molecule has 10 nitrogen and oxygen atoms in total. The summed E-state index contributed by atoms with van der Waals surface area (Å²) < 4.78 is 29.9. The van der Waals surface area contributed by atoms with Crippen molar-refractivity contribution in [2.75, 3.05) is 24.7 Å². The summed E-state index contributed by atoms with van der Waals surface area (Å²) in [5, 5.41) is 18.2. The second-order valence-corrected chi connectivity index (χ2v) is 8.18. The molecule has 4 rings (SSSR count). The minimum Gasteiger partial charge on any atom is -0.492 e. The zero-order chi connectivity index (χ0) is 20.3. The first-order chi connectivity index (χ1) is 14.0. The summed E-state index contributed by atoms with van der Waals surface area (Å²) in [5.41, 5.74) is 2.66. The van der Waals surface area contributed by atoms with E-state index in [4.69, 9.17) is 4.74 Å². The largest absolute Gasteiger partial charge is 0.492 e. The van der Waals surface area contributed by atoms with Crippen molar-refractivity contribution in [3.05, 3.63) is 48.7 Å². The molecule has 0 spiro atoms. The average molecular weight is 413 g/mol. The van der Waals surface area contributed by atoms with Gasteiger partial charge in [-0.15, -0.1) is 5.10 Å². The Kier molecular flexibility index (Phi) is 5.14. The lowest BCUT2D eigenvalue weighted by Gasteiger charge is -2.07. The number of sulfonamides is 1. The Balaban J connectivity index is 1.37. The molecule has 0 bridgehead atoms. The van der Waals surface area contributed by atoms with E-state index in [9.17, 15) is 8.42 Å². The van der Waals surface area contributed by atoms with Gasteiger partial charge in [0.05, 0.1) is 18.0 Å². The SMILES string of the molecule is CS(=O)(=O)NCCOc1ccc(-c2nc(Nc3ccc4[nH]ncc4c3)n[nH]2)cc1. The van der Waals surface area contributed by atoms with Gasteiger partial charge in [0.25, 0.3) is 0 Å². The number of aromatic nitrogens is 5. The standard InChI is InChI=1S/C18H19N7O3S/c1-29(26,27)20-8-9-28-15-5-2-12(3-6-15)17-22-18(25-24-17)21-14-4-7-16-13(10-14)11-19-23-16/h2-7,10-11,20H,8-9H2,1H3,(H,19,23)(H2,21,22,24,25). The van der Waals surface area contributed by atoms with Crippen molar-refractivity contribution < 1.29 is 13.2 Å². The summed E-state index contributed by atoms with van der Waals surface area (Å²) >= 11 is 0. The lowest BCUT2D eigenvalue weighted by atomic mass is 10.2. The zero-order valence-corrected chi connectivity index (χ0v) is 16.3. The lowest BCUT2D eigenvalue weighted by Crippen LogP contribution is -2.26. The third-order valence-corrected chi connectivity index (χ3v) is 4.77. The first kappa shape index (κ1) is 18.9. The number of aromatic amines is 2. The van der Waals surface area contributed by atoms with Gasteiger partial charge in [-0.3, -0.25) is 10.2 Å². The molecule has 4 aromatic rings. The second kappa shape index (κ2) is 7.89. The van der Waals surface area contributed by atoms with Crippen LogP contribution in [0, 0.1) is 0 Å². The van der Waals surface area contributed by atoms with E-state index in [-0.39, 0.29) is 13.2 Å². The number of ether oxygens (including phenoxy) is 1. The number of H-pyrrole nitrogens is 2. The van der Waals surface area contributed by atoms with Gasteiger partial charge < -0.3 is 10.1 Å². The fourth-order valence-corrected chi connectivity index (χ4v) is 3.16. The number of anilines is 2. The van der Waals surface area contributed by atoms with Crippen molar-refractivity contribution >= 4 is 32.6 Å². The first-order valence-corrected chi connectivity index (χ1v) is 10.7. The van der Waals surface area contributed by atoms with Crippen LogP contribution in [-0.4, -0.2) is 53.2 Å². The minimum absolute atomic E-state index is 0.211. The molecule has 0 unspecified atom stereocenters. The Morgan fingerprint density at radius 3 is 2.72 bits per heavy atom. The molecule has 2 aromatic heterocycles. The van der Waals surface area contributed by atoms with Crippen LogP contribution in [0.15, 0.2) is 48.7 Å². The van der Waals surface area contributed by atoms with Crippen LogP contribution in [0.4, 0.5) is 11.6 Å². The molecule has 11 heteroatoms. The van der Waals surface area contributed by atoms with Gasteiger partial charge in [-0.2, -0.15) is 10.1 Å². The van der Waals surface area contributed by atoms with E-state index >= 15 is 0 Å². The number of hydrogen-bond acceptors (Lipinski definition) is 7. The van der Waals surface area contributed by atoms with Gasteiger partial charge in [0, 0.05) is 23.2 Å². The summed E-state index contributed by atoms with van der Waals surface area (Å²) in [6, 6.07) is 13.1. The molecule has 29 heavy (non-hydrogen) atoms. The number of benzene rings is 2. The summed E-state index contributed by atoms with van der Waals surface area (Å²) in [6.07, 6.45) is 2.86. The first-order valence-electron chi connectivity index (χ1n) is 8.77. The highest BCUT2D eigenvalue weighted by molar-refractivity contribution is 7.88. The van der Waals surface area contributed by atoms with Crippen molar-refractivity contribution in [1.82, 2.24) is 30.1 Å². The molecule has 2 aromatic carbocycles. The summed E-state index contributed by atoms with van der Waals surface area (Å²) in [5.74, 6) is 1.70. The third kappa shape index (κ3) is 4.89. The van der Waals surface area contributed by atoms with Crippen LogP contribution in [0.2, 0.25) is 0 Å². The number of rotatable bonds is 8. The molecule has 0 aliphatic rings. The fourth-order valence-electron chi connectivity index (χ4n) is 2.70. The predicted molar refractivity (Wildman–Crippen MR) is 110 cm³/mol. The molecule has 4 N–H and O–H groups in total. The normalized spacial score (nSPS) is 11.6. The quantitative estimate of drug-likeness (QED) is 0.324. The van der Waals surface area contributed by atoms with Crippen molar-refractivity contribution in [2.24, 2.45) is 0 Å². The van der Waals surface area contributed by atoms with E-state index in [2.05, 4.69) is 35.4 Å². The second-order valence-electron chi connectivity index (χ2n) is 6.34. The van der Waals surface area contributed by atoms with Crippen molar-refractivity contribution in [1.29, 1.82) is 0 Å². The van der Waals surface area contributed by atoms with E-state index in [0.29, 0.717) is 17.5 Å². The molecule has 0 radical (unpaired) electrons. The maximum Gasteiger partial charge on any atom is 0.246 e. The molecular formula is C18H19N7O3S. The van der Waals surface area contributed by atoms with Crippen LogP contribution in [0.1, 0.15) is 0 Å². The topological polar surface area (TPSA) is 138 Å². The summed E-state index contributed by atoms with van der Waals surface area (Å²) in [7, 11) is -3.21. The van der Waals surface area contributed by atoms with Crippen molar-refractivity contribution in [2.45, 2.75) is 0 Å². The molecule has 2 heterocycles. The number of fused-ring (bicyclic) bond motifs is 1. The van der Waals surface area contributed by atoms with E-state index in [1.807, 2.05) is 30.3 Å². The smallest absolute Gasteiger partial charge is 0.246 e. The van der Waals surface area contributed by atoms with E-state index in [0.717, 1.165) is 28.4 Å². The van der Waals surface area contributed by atoms with Crippen LogP contribution in [0.5, 0.6) is 5.75 Å².